The lowest BCUT2D eigenvalue weighted by Crippen LogP contribution is -2.28. The fourth-order valence-corrected chi connectivity index (χ4v) is 2.01. The minimum Gasteiger partial charge on any atom is -0.297 e. The first kappa shape index (κ1) is 19.6. The molecule has 1 aromatic heterocycles. The highest BCUT2D eigenvalue weighted by molar-refractivity contribution is 7.51. The number of nitrogens with zero attached hydrogens (tertiary/aromatic N) is 1. The molecule has 1 rings (SSSR count). The van der Waals surface area contributed by atoms with Crippen molar-refractivity contribution in [2.24, 2.45) is 0 Å². The smallest absolute Gasteiger partial charge is 0.297 e. The third kappa shape index (κ3) is 9.30. The van der Waals surface area contributed by atoms with Crippen molar-refractivity contribution in [2.75, 3.05) is 12.8 Å². The van der Waals surface area contributed by atoms with E-state index < -0.39 is 19.4 Å². The molecule has 1 atom stereocenters. The molecule has 0 aliphatic heterocycles. The van der Waals surface area contributed by atoms with Crippen LogP contribution in [0.5, 0.6) is 0 Å². The quantitative estimate of drug-likeness (QED) is 0.180. The van der Waals surface area contributed by atoms with Crippen molar-refractivity contribution in [2.45, 2.75) is 13.0 Å². The van der Waals surface area contributed by atoms with Crippen LogP contribution in [-0.4, -0.2) is 27.6 Å². The number of hydrogen-bond donors (Lipinski definition) is 2. The summed E-state index contributed by atoms with van der Waals surface area (Å²) in [6, 6.07) is 1.27. The first-order valence-electron chi connectivity index (χ1n) is 6.11. The van der Waals surface area contributed by atoms with Crippen LogP contribution in [0.15, 0.2) is 34.0 Å². The first-order valence-corrected chi connectivity index (χ1v) is 8.00. The molecule has 2 N–H and O–H groups in total. The lowest BCUT2D eigenvalue weighted by molar-refractivity contribution is -0.806. The molecule has 130 valence electrons. The van der Waals surface area contributed by atoms with E-state index in [0.29, 0.717) is 19.1 Å². The van der Waals surface area contributed by atoms with Gasteiger partial charge in [0.25, 0.3) is 5.56 Å². The van der Waals surface area contributed by atoms with E-state index in [1.165, 1.54) is 16.8 Å². The highest BCUT2D eigenvalue weighted by Crippen LogP contribution is 2.33. The molecule has 0 aromatic carbocycles. The molecule has 0 saturated carbocycles. The minimum absolute atomic E-state index is 0.343. The Kier molecular flexibility index (Phi) is 10.2. The molecule has 0 bridgehead atoms. The Morgan fingerprint density at radius 2 is 1.96 bits per heavy atom. The van der Waals surface area contributed by atoms with Gasteiger partial charge in [0.2, 0.25) is 0 Å². The molecule has 0 amide bonds. The van der Waals surface area contributed by atoms with Crippen molar-refractivity contribution in [3.8, 4) is 0 Å². The number of nitrogens with one attached hydrogen (secondary N) is 1. The molecule has 1 unspecified atom stereocenters. The number of allylic oxidation sites excluding steroid dienone is 2. The fraction of sp³-hybridized carbons (Fsp3) is 0.400. The first-order chi connectivity index (χ1) is 11.1. The lowest BCUT2D eigenvalue weighted by atomic mass is 10.4. The van der Waals surface area contributed by atoms with Gasteiger partial charge in [0.1, 0.15) is 0 Å². The lowest BCUT2D eigenvalue weighted by Gasteiger charge is -2.07. The van der Waals surface area contributed by atoms with Crippen LogP contribution in [0.2, 0.25) is 0 Å². The van der Waals surface area contributed by atoms with Crippen LogP contribution < -0.4 is 11.2 Å². The third-order valence-electron chi connectivity index (χ3n) is 2.28. The summed E-state index contributed by atoms with van der Waals surface area (Å²) >= 11 is 0. The van der Waals surface area contributed by atoms with Crippen molar-refractivity contribution in [1.82, 2.24) is 9.55 Å². The molecular formula is C10H15N2O10P. The number of rotatable bonds is 12. The molecule has 0 fully saturated rings. The second-order valence-electron chi connectivity index (χ2n) is 3.86. The molecular weight excluding hydrogens is 339 g/mol. The zero-order chi connectivity index (χ0) is 16.9. The van der Waals surface area contributed by atoms with Crippen molar-refractivity contribution in [1.29, 1.82) is 0 Å². The van der Waals surface area contributed by atoms with Crippen LogP contribution in [-0.2, 0) is 41.4 Å². The Bertz CT molecular complexity index is 573. The van der Waals surface area contributed by atoms with Crippen LogP contribution in [0.4, 0.5) is 0 Å². The standard InChI is InChI=1S/C10H15N2O10P/c1-23(22-21-20-19-18-17-16-15)8-4-2-3-6-12-7-5-9(13)11-10(12)14/h2-3,5,7,15H,4,6,8H2,1H3,(H,11,13,14)/b3-2-. The van der Waals surface area contributed by atoms with E-state index in [9.17, 15) is 9.59 Å². The van der Waals surface area contributed by atoms with Crippen LogP contribution in [0.1, 0.15) is 6.42 Å². The van der Waals surface area contributed by atoms with Gasteiger partial charge >= 0.3 is 5.69 Å². The van der Waals surface area contributed by atoms with Crippen molar-refractivity contribution in [3.05, 3.63) is 45.3 Å². The van der Waals surface area contributed by atoms with E-state index in [1.54, 1.807) is 12.7 Å². The van der Waals surface area contributed by atoms with Gasteiger partial charge in [-0.05, 0) is 49.5 Å². The average molecular weight is 354 g/mol. The topological polar surface area (TPSA) is 140 Å². The number of H-pyrrole nitrogens is 1. The van der Waals surface area contributed by atoms with Gasteiger partial charge < -0.3 is 0 Å². The van der Waals surface area contributed by atoms with Gasteiger partial charge in [0.05, 0.1) is 8.15 Å². The van der Waals surface area contributed by atoms with Gasteiger partial charge in [-0.2, -0.15) is 4.67 Å². The largest absolute Gasteiger partial charge is 0.328 e. The van der Waals surface area contributed by atoms with Crippen LogP contribution in [0.3, 0.4) is 0 Å². The Hall–Kier alpha value is -1.47. The van der Waals surface area contributed by atoms with Gasteiger partial charge in [0, 0.05) is 18.8 Å². The maximum Gasteiger partial charge on any atom is 0.328 e. The van der Waals surface area contributed by atoms with Crippen LogP contribution in [0.25, 0.3) is 0 Å². The van der Waals surface area contributed by atoms with E-state index in [1.807, 2.05) is 6.08 Å². The average Bonchev–Trinajstić information content (AvgIpc) is 2.52. The zero-order valence-electron chi connectivity index (χ0n) is 11.9. The van der Waals surface area contributed by atoms with Gasteiger partial charge in [0.15, 0.2) is 0 Å². The van der Waals surface area contributed by atoms with Crippen molar-refractivity contribution < 1.29 is 40.2 Å². The Morgan fingerprint density at radius 3 is 2.70 bits per heavy atom. The Morgan fingerprint density at radius 1 is 1.22 bits per heavy atom. The molecule has 23 heavy (non-hydrogen) atoms. The summed E-state index contributed by atoms with van der Waals surface area (Å²) in [6.45, 7) is 2.11. The summed E-state index contributed by atoms with van der Waals surface area (Å²) in [7, 11) is -0.958. The second-order valence-corrected chi connectivity index (χ2v) is 5.72. The molecule has 1 aromatic rings. The third-order valence-corrected chi connectivity index (χ3v) is 3.48. The van der Waals surface area contributed by atoms with E-state index in [4.69, 9.17) is 9.93 Å². The maximum absolute atomic E-state index is 11.4. The maximum atomic E-state index is 11.4. The predicted octanol–water partition coefficient (Wildman–Crippen LogP) is 0.589. The van der Waals surface area contributed by atoms with Crippen LogP contribution >= 0.6 is 8.15 Å². The van der Waals surface area contributed by atoms with Crippen molar-refractivity contribution in [3.63, 3.8) is 0 Å². The van der Waals surface area contributed by atoms with Gasteiger partial charge in [-0.3, -0.25) is 14.3 Å². The van der Waals surface area contributed by atoms with E-state index in [-0.39, 0.29) is 0 Å². The molecule has 0 aliphatic carbocycles. The number of aromatic amines is 1. The van der Waals surface area contributed by atoms with Crippen LogP contribution in [0, 0.1) is 0 Å². The normalized spacial score (nSPS) is 12.8. The molecule has 12 nitrogen and oxygen atoms in total. The Labute approximate surface area is 130 Å². The molecule has 13 heteroatoms. The molecule has 0 aliphatic rings. The van der Waals surface area contributed by atoms with E-state index in [2.05, 4.69) is 35.2 Å². The van der Waals surface area contributed by atoms with Gasteiger partial charge in [-0.25, -0.2) is 10.1 Å². The summed E-state index contributed by atoms with van der Waals surface area (Å²) in [5.74, 6) is 0. The molecule has 0 spiro atoms. The summed E-state index contributed by atoms with van der Waals surface area (Å²) in [5.41, 5.74) is -0.900. The van der Waals surface area contributed by atoms with Gasteiger partial charge in [-0.15, -0.1) is 0 Å². The molecule has 0 saturated heterocycles. The predicted molar refractivity (Wildman–Crippen MR) is 73.0 cm³/mol. The second kappa shape index (κ2) is 12.0. The summed E-state index contributed by atoms with van der Waals surface area (Å²) in [5, 5.41) is 29.4. The number of aromatic nitrogens is 2. The van der Waals surface area contributed by atoms with Gasteiger partial charge in [-0.1, -0.05) is 12.2 Å². The molecule has 0 radical (unpaired) electrons. The fourth-order valence-electron chi connectivity index (χ4n) is 1.30. The minimum atomic E-state index is -0.958. The van der Waals surface area contributed by atoms with Crippen molar-refractivity contribution >= 4 is 8.15 Å². The summed E-state index contributed by atoms with van der Waals surface area (Å²) < 4.78 is 6.13. The SMILES string of the molecule is CP(CC/C=C\Cn1ccc(=O)[nH]c1=O)OOOOOOOO. The van der Waals surface area contributed by atoms with E-state index in [0.717, 1.165) is 0 Å². The summed E-state index contributed by atoms with van der Waals surface area (Å²) in [4.78, 5) is 24.4. The number of hydrogen-bond acceptors (Lipinski definition) is 10. The summed E-state index contributed by atoms with van der Waals surface area (Å²) in [6.07, 6.45) is 6.37. The highest BCUT2D eigenvalue weighted by atomic mass is 31.1. The highest BCUT2D eigenvalue weighted by Gasteiger charge is 2.03. The molecule has 1 heterocycles. The monoisotopic (exact) mass is 354 g/mol. The zero-order valence-corrected chi connectivity index (χ0v) is 12.8. The van der Waals surface area contributed by atoms with E-state index >= 15 is 0 Å². The Balaban J connectivity index is 2.11.